The number of thiophene rings is 1. The van der Waals surface area contributed by atoms with Gasteiger partial charge in [0.1, 0.15) is 5.82 Å². The quantitative estimate of drug-likeness (QED) is 0.777. The van der Waals surface area contributed by atoms with E-state index in [1.807, 2.05) is 17.5 Å². The van der Waals surface area contributed by atoms with Crippen LogP contribution < -0.4 is 10.6 Å². The van der Waals surface area contributed by atoms with Crippen LogP contribution in [0.1, 0.15) is 4.88 Å². The highest BCUT2D eigenvalue weighted by Crippen LogP contribution is 2.08. The van der Waals surface area contributed by atoms with E-state index in [0.29, 0.717) is 12.2 Å². The zero-order chi connectivity index (χ0) is 13.9. The van der Waals surface area contributed by atoms with Crippen LogP contribution in [0.5, 0.6) is 0 Å². The molecule has 0 aliphatic heterocycles. The van der Waals surface area contributed by atoms with E-state index in [9.17, 15) is 9.18 Å². The minimum Gasteiger partial charge on any atom is -0.333 e. The number of amides is 2. The molecular weight excluding hydrogens is 281 g/mol. The van der Waals surface area contributed by atoms with E-state index >= 15 is 0 Å². The van der Waals surface area contributed by atoms with E-state index in [-0.39, 0.29) is 5.95 Å². The molecule has 3 heterocycles. The first-order chi connectivity index (χ1) is 9.70. The lowest BCUT2D eigenvalue weighted by Gasteiger charge is -2.02. The zero-order valence-electron chi connectivity index (χ0n) is 10.2. The van der Waals surface area contributed by atoms with Crippen molar-refractivity contribution < 1.29 is 9.18 Å². The molecule has 0 unspecified atom stereocenters. The molecule has 3 aromatic rings. The normalized spacial score (nSPS) is 10.7. The standard InChI is InChI=1S/C12H10FN5OS/c13-8-3-4-10-15-11(17-18(10)7-8)16-12(19)14-6-9-2-1-5-20-9/h1-5,7H,6H2,(H2,14,16,17,19). The number of nitrogens with zero attached hydrogens (tertiary/aromatic N) is 3. The third-order valence-corrected chi connectivity index (χ3v) is 3.40. The number of halogens is 1. The summed E-state index contributed by atoms with van der Waals surface area (Å²) in [6, 6.07) is 6.20. The third kappa shape index (κ3) is 2.75. The van der Waals surface area contributed by atoms with Crippen LogP contribution in [0.15, 0.2) is 35.8 Å². The number of rotatable bonds is 3. The van der Waals surface area contributed by atoms with E-state index in [2.05, 4.69) is 20.7 Å². The highest BCUT2D eigenvalue weighted by atomic mass is 32.1. The molecule has 0 aliphatic carbocycles. The number of pyridine rings is 1. The number of hydrogen-bond donors (Lipinski definition) is 2. The van der Waals surface area contributed by atoms with Crippen LogP contribution in [-0.2, 0) is 6.54 Å². The van der Waals surface area contributed by atoms with Crippen LogP contribution in [0, 0.1) is 5.82 Å². The first-order valence-electron chi connectivity index (χ1n) is 5.80. The molecular formula is C12H10FN5OS. The fourth-order valence-electron chi connectivity index (χ4n) is 1.64. The average Bonchev–Trinajstić information content (AvgIpc) is 3.04. The molecule has 0 saturated heterocycles. The highest BCUT2D eigenvalue weighted by Gasteiger charge is 2.08. The second-order valence-corrected chi connectivity index (χ2v) is 5.00. The molecule has 20 heavy (non-hydrogen) atoms. The lowest BCUT2D eigenvalue weighted by Crippen LogP contribution is -2.28. The van der Waals surface area contributed by atoms with E-state index in [4.69, 9.17) is 0 Å². The number of nitrogens with one attached hydrogen (secondary N) is 2. The molecule has 2 amide bonds. The van der Waals surface area contributed by atoms with Gasteiger partial charge in [-0.1, -0.05) is 6.07 Å². The molecule has 0 saturated carbocycles. The predicted octanol–water partition coefficient (Wildman–Crippen LogP) is 2.25. The van der Waals surface area contributed by atoms with Crippen molar-refractivity contribution in [1.29, 1.82) is 0 Å². The Balaban J connectivity index is 1.65. The van der Waals surface area contributed by atoms with Gasteiger partial charge in [0.2, 0.25) is 0 Å². The fraction of sp³-hybridized carbons (Fsp3) is 0.0833. The minimum atomic E-state index is -0.420. The van der Waals surface area contributed by atoms with Gasteiger partial charge in [-0.05, 0) is 23.6 Å². The van der Waals surface area contributed by atoms with Gasteiger partial charge in [-0.15, -0.1) is 16.4 Å². The van der Waals surface area contributed by atoms with Gasteiger partial charge in [0.25, 0.3) is 5.95 Å². The second-order valence-electron chi connectivity index (χ2n) is 3.97. The predicted molar refractivity (Wildman–Crippen MR) is 73.1 cm³/mol. The Hall–Kier alpha value is -2.48. The summed E-state index contributed by atoms with van der Waals surface area (Å²) in [5.74, 6) is -0.296. The molecule has 6 nitrogen and oxygen atoms in total. The maximum Gasteiger partial charge on any atom is 0.321 e. The van der Waals surface area contributed by atoms with Gasteiger partial charge >= 0.3 is 6.03 Å². The van der Waals surface area contributed by atoms with Gasteiger partial charge < -0.3 is 5.32 Å². The molecule has 0 radical (unpaired) electrons. The van der Waals surface area contributed by atoms with Crippen molar-refractivity contribution >= 4 is 29.0 Å². The molecule has 3 rings (SSSR count). The van der Waals surface area contributed by atoms with Crippen molar-refractivity contribution in [2.24, 2.45) is 0 Å². The highest BCUT2D eigenvalue weighted by molar-refractivity contribution is 7.09. The maximum absolute atomic E-state index is 13.0. The SMILES string of the molecule is O=C(NCc1cccs1)Nc1nc2ccc(F)cn2n1. The van der Waals surface area contributed by atoms with Crippen molar-refractivity contribution in [3.63, 3.8) is 0 Å². The summed E-state index contributed by atoms with van der Waals surface area (Å²) in [7, 11) is 0. The Labute approximate surface area is 117 Å². The number of aromatic nitrogens is 3. The third-order valence-electron chi connectivity index (χ3n) is 2.52. The fourth-order valence-corrected chi connectivity index (χ4v) is 2.28. The van der Waals surface area contributed by atoms with Crippen molar-refractivity contribution in [3.8, 4) is 0 Å². The lowest BCUT2D eigenvalue weighted by atomic mass is 10.5. The summed E-state index contributed by atoms with van der Waals surface area (Å²) in [6.45, 7) is 0.436. The largest absolute Gasteiger partial charge is 0.333 e. The van der Waals surface area contributed by atoms with Crippen LogP contribution in [-0.4, -0.2) is 20.6 Å². The average molecular weight is 291 g/mol. The lowest BCUT2D eigenvalue weighted by molar-refractivity contribution is 0.251. The van der Waals surface area contributed by atoms with Crippen LogP contribution in [0.25, 0.3) is 5.65 Å². The van der Waals surface area contributed by atoms with Crippen molar-refractivity contribution in [2.45, 2.75) is 6.54 Å². The van der Waals surface area contributed by atoms with Crippen LogP contribution in [0.2, 0.25) is 0 Å². The number of fused-ring (bicyclic) bond motifs is 1. The topological polar surface area (TPSA) is 71.3 Å². The van der Waals surface area contributed by atoms with Crippen LogP contribution in [0.3, 0.4) is 0 Å². The Morgan fingerprint density at radius 2 is 2.30 bits per heavy atom. The van der Waals surface area contributed by atoms with Crippen molar-refractivity contribution in [1.82, 2.24) is 19.9 Å². The van der Waals surface area contributed by atoms with E-state index in [1.165, 1.54) is 22.8 Å². The van der Waals surface area contributed by atoms with Gasteiger partial charge in [0.05, 0.1) is 12.7 Å². The molecule has 102 valence electrons. The molecule has 0 aromatic carbocycles. The molecule has 0 spiro atoms. The Morgan fingerprint density at radius 3 is 3.10 bits per heavy atom. The van der Waals surface area contributed by atoms with Gasteiger partial charge in [-0.25, -0.2) is 13.7 Å². The van der Waals surface area contributed by atoms with E-state index in [1.54, 1.807) is 11.3 Å². The monoisotopic (exact) mass is 291 g/mol. The minimum absolute atomic E-state index is 0.124. The van der Waals surface area contributed by atoms with Crippen molar-refractivity contribution in [2.75, 3.05) is 5.32 Å². The van der Waals surface area contributed by atoms with Gasteiger partial charge in [-0.2, -0.15) is 4.98 Å². The van der Waals surface area contributed by atoms with Crippen LogP contribution in [0.4, 0.5) is 15.1 Å². The Morgan fingerprint density at radius 1 is 1.40 bits per heavy atom. The Bertz CT molecular complexity index is 739. The molecule has 8 heteroatoms. The summed E-state index contributed by atoms with van der Waals surface area (Å²) < 4.78 is 14.3. The summed E-state index contributed by atoms with van der Waals surface area (Å²) in [5.41, 5.74) is 0.458. The number of carbonyl (C=O) groups excluding carboxylic acids is 1. The van der Waals surface area contributed by atoms with E-state index in [0.717, 1.165) is 4.88 Å². The zero-order valence-corrected chi connectivity index (χ0v) is 11.0. The second kappa shape index (κ2) is 5.25. The smallest absolute Gasteiger partial charge is 0.321 e. The Kier molecular flexibility index (Phi) is 3.30. The molecule has 3 aromatic heterocycles. The van der Waals surface area contributed by atoms with Crippen molar-refractivity contribution in [3.05, 3.63) is 46.5 Å². The first kappa shape index (κ1) is 12.5. The van der Waals surface area contributed by atoms with Crippen LogP contribution >= 0.6 is 11.3 Å². The first-order valence-corrected chi connectivity index (χ1v) is 6.68. The summed E-state index contributed by atoms with van der Waals surface area (Å²) in [4.78, 5) is 16.8. The summed E-state index contributed by atoms with van der Waals surface area (Å²) in [6.07, 6.45) is 1.19. The number of hydrogen-bond acceptors (Lipinski definition) is 4. The summed E-state index contributed by atoms with van der Waals surface area (Å²) in [5, 5.41) is 11.1. The summed E-state index contributed by atoms with van der Waals surface area (Å²) >= 11 is 1.56. The number of carbonyl (C=O) groups is 1. The number of anilines is 1. The molecule has 0 atom stereocenters. The number of urea groups is 1. The molecule has 0 aliphatic rings. The van der Waals surface area contributed by atoms with Gasteiger partial charge in [0.15, 0.2) is 5.65 Å². The molecule has 2 N–H and O–H groups in total. The van der Waals surface area contributed by atoms with E-state index < -0.39 is 11.8 Å². The van der Waals surface area contributed by atoms with Gasteiger partial charge in [-0.3, -0.25) is 5.32 Å². The van der Waals surface area contributed by atoms with Gasteiger partial charge in [0, 0.05) is 4.88 Å². The maximum atomic E-state index is 13.0. The molecule has 0 bridgehead atoms. The molecule has 0 fully saturated rings.